The standard InChI is InChI=1S/C15H20N4O4/c1-4-19(8-10-6-5-7-23-10)9-11(20)12-13(16)17(2)15(22)18(3)14(12)21/h5-7H,4,8-9,16H2,1-3H3. The molecule has 2 heterocycles. The van der Waals surface area contributed by atoms with Crippen LogP contribution in [0.2, 0.25) is 0 Å². The molecule has 0 unspecified atom stereocenters. The summed E-state index contributed by atoms with van der Waals surface area (Å²) in [5.74, 6) is 0.185. The average Bonchev–Trinajstić information content (AvgIpc) is 3.03. The Morgan fingerprint density at radius 1 is 1.30 bits per heavy atom. The summed E-state index contributed by atoms with van der Waals surface area (Å²) in [5, 5.41) is 0. The van der Waals surface area contributed by atoms with E-state index in [0.29, 0.717) is 13.1 Å². The topological polar surface area (TPSA) is 103 Å². The molecule has 0 aliphatic heterocycles. The number of hydrogen-bond acceptors (Lipinski definition) is 6. The van der Waals surface area contributed by atoms with Crippen molar-refractivity contribution in [1.82, 2.24) is 14.0 Å². The molecule has 2 aromatic heterocycles. The summed E-state index contributed by atoms with van der Waals surface area (Å²) in [4.78, 5) is 38.3. The molecule has 0 saturated carbocycles. The first kappa shape index (κ1) is 16.8. The normalized spacial score (nSPS) is 11.1. The van der Waals surface area contributed by atoms with E-state index in [2.05, 4.69) is 0 Å². The van der Waals surface area contributed by atoms with Crippen LogP contribution in [-0.4, -0.2) is 32.9 Å². The van der Waals surface area contributed by atoms with Gasteiger partial charge in [0, 0.05) is 14.1 Å². The Bertz CT molecular complexity index is 817. The fourth-order valence-corrected chi connectivity index (χ4v) is 2.31. The minimum absolute atomic E-state index is 0.00877. The highest BCUT2D eigenvalue weighted by Gasteiger charge is 2.22. The Kier molecular flexibility index (Phi) is 4.85. The Labute approximate surface area is 132 Å². The van der Waals surface area contributed by atoms with E-state index in [0.717, 1.165) is 14.9 Å². The van der Waals surface area contributed by atoms with Crippen molar-refractivity contribution < 1.29 is 9.21 Å². The number of likely N-dealkylation sites (N-methyl/N-ethyl adjacent to an activating group) is 1. The maximum absolute atomic E-state index is 12.5. The predicted octanol–water partition coefficient (Wildman–Crippen LogP) is -0.0360. The molecular formula is C15H20N4O4. The van der Waals surface area contributed by atoms with Gasteiger partial charge in [-0.05, 0) is 18.7 Å². The van der Waals surface area contributed by atoms with Crippen LogP contribution in [0.25, 0.3) is 0 Å². The van der Waals surface area contributed by atoms with E-state index in [-0.39, 0.29) is 17.9 Å². The van der Waals surface area contributed by atoms with Crippen LogP contribution < -0.4 is 17.0 Å². The number of carbonyl (C=O) groups excluding carboxylic acids is 1. The minimum Gasteiger partial charge on any atom is -0.468 e. The van der Waals surface area contributed by atoms with Gasteiger partial charge in [-0.1, -0.05) is 6.92 Å². The molecule has 0 bridgehead atoms. The molecule has 2 rings (SSSR count). The second-order valence-electron chi connectivity index (χ2n) is 5.27. The van der Waals surface area contributed by atoms with E-state index in [1.165, 1.54) is 14.1 Å². The highest BCUT2D eigenvalue weighted by Crippen LogP contribution is 2.09. The van der Waals surface area contributed by atoms with E-state index < -0.39 is 17.0 Å². The van der Waals surface area contributed by atoms with Crippen molar-refractivity contribution in [3.05, 3.63) is 50.6 Å². The van der Waals surface area contributed by atoms with Gasteiger partial charge < -0.3 is 10.2 Å². The van der Waals surface area contributed by atoms with Crippen LogP contribution in [0.5, 0.6) is 0 Å². The zero-order valence-electron chi connectivity index (χ0n) is 13.4. The number of anilines is 1. The lowest BCUT2D eigenvalue weighted by molar-refractivity contribution is 0.0923. The second-order valence-corrected chi connectivity index (χ2v) is 5.27. The Hall–Kier alpha value is -2.61. The van der Waals surface area contributed by atoms with Gasteiger partial charge in [0.2, 0.25) is 0 Å². The van der Waals surface area contributed by atoms with E-state index in [1.54, 1.807) is 12.3 Å². The SMILES string of the molecule is CCN(CC(=O)c1c(N)n(C)c(=O)n(C)c1=O)Cc1ccco1. The highest BCUT2D eigenvalue weighted by atomic mass is 16.3. The number of rotatable bonds is 6. The van der Waals surface area contributed by atoms with Gasteiger partial charge in [0.25, 0.3) is 5.56 Å². The Morgan fingerprint density at radius 3 is 2.57 bits per heavy atom. The van der Waals surface area contributed by atoms with Gasteiger partial charge in [-0.25, -0.2) is 4.79 Å². The van der Waals surface area contributed by atoms with Crippen LogP contribution in [-0.2, 0) is 20.6 Å². The van der Waals surface area contributed by atoms with Crippen molar-refractivity contribution in [1.29, 1.82) is 0 Å². The monoisotopic (exact) mass is 320 g/mol. The minimum atomic E-state index is -0.676. The molecule has 0 fully saturated rings. The lowest BCUT2D eigenvalue weighted by Crippen LogP contribution is -2.43. The number of hydrogen-bond donors (Lipinski definition) is 1. The molecule has 23 heavy (non-hydrogen) atoms. The molecule has 2 N–H and O–H groups in total. The fourth-order valence-electron chi connectivity index (χ4n) is 2.31. The van der Waals surface area contributed by atoms with Gasteiger partial charge >= 0.3 is 5.69 Å². The largest absolute Gasteiger partial charge is 0.468 e. The summed E-state index contributed by atoms with van der Waals surface area (Å²) < 4.78 is 7.24. The van der Waals surface area contributed by atoms with E-state index in [4.69, 9.17) is 10.2 Å². The van der Waals surface area contributed by atoms with Crippen LogP contribution in [0.3, 0.4) is 0 Å². The van der Waals surface area contributed by atoms with Crippen molar-refractivity contribution in [3.63, 3.8) is 0 Å². The average molecular weight is 320 g/mol. The summed E-state index contributed by atoms with van der Waals surface area (Å²) in [6.45, 7) is 2.95. The molecule has 2 aromatic rings. The van der Waals surface area contributed by atoms with E-state index in [1.807, 2.05) is 17.9 Å². The lowest BCUT2D eigenvalue weighted by Gasteiger charge is -2.19. The molecular weight excluding hydrogens is 300 g/mol. The number of furan rings is 1. The summed E-state index contributed by atoms with van der Waals surface area (Å²) in [6, 6.07) is 3.58. The van der Waals surface area contributed by atoms with E-state index >= 15 is 0 Å². The molecule has 0 saturated heterocycles. The third-order valence-electron chi connectivity index (χ3n) is 3.76. The molecule has 0 spiro atoms. The predicted molar refractivity (Wildman–Crippen MR) is 85.3 cm³/mol. The summed E-state index contributed by atoms with van der Waals surface area (Å²) in [5.41, 5.74) is 4.40. The van der Waals surface area contributed by atoms with Crippen LogP contribution in [0, 0.1) is 0 Å². The first-order valence-corrected chi connectivity index (χ1v) is 7.20. The summed E-state index contributed by atoms with van der Waals surface area (Å²) in [7, 11) is 2.75. The zero-order valence-corrected chi connectivity index (χ0v) is 13.4. The van der Waals surface area contributed by atoms with Crippen molar-refractivity contribution in [2.75, 3.05) is 18.8 Å². The van der Waals surface area contributed by atoms with Crippen LogP contribution in [0.15, 0.2) is 32.4 Å². The Balaban J connectivity index is 2.30. The van der Waals surface area contributed by atoms with Crippen LogP contribution in [0.1, 0.15) is 23.0 Å². The van der Waals surface area contributed by atoms with Crippen molar-refractivity contribution in [3.8, 4) is 0 Å². The number of carbonyl (C=O) groups is 1. The molecule has 0 aromatic carbocycles. The van der Waals surface area contributed by atoms with Crippen molar-refractivity contribution in [2.24, 2.45) is 14.1 Å². The zero-order chi connectivity index (χ0) is 17.1. The number of nitrogens with two attached hydrogens (primary N) is 1. The van der Waals surface area contributed by atoms with Gasteiger partial charge in [-0.15, -0.1) is 0 Å². The van der Waals surface area contributed by atoms with Crippen LogP contribution in [0.4, 0.5) is 5.82 Å². The van der Waals surface area contributed by atoms with Crippen molar-refractivity contribution in [2.45, 2.75) is 13.5 Å². The molecule has 0 radical (unpaired) electrons. The number of nitrogen functional groups attached to an aromatic ring is 1. The molecule has 0 amide bonds. The highest BCUT2D eigenvalue weighted by molar-refractivity contribution is 6.01. The molecule has 0 atom stereocenters. The van der Waals surface area contributed by atoms with Gasteiger partial charge in [-0.3, -0.25) is 23.6 Å². The maximum atomic E-state index is 12.5. The first-order chi connectivity index (χ1) is 10.9. The molecule has 0 aliphatic rings. The van der Waals surface area contributed by atoms with Gasteiger partial charge in [-0.2, -0.15) is 0 Å². The third-order valence-corrected chi connectivity index (χ3v) is 3.76. The number of ketones is 1. The third kappa shape index (κ3) is 3.26. The molecule has 124 valence electrons. The Morgan fingerprint density at radius 2 is 2.00 bits per heavy atom. The van der Waals surface area contributed by atoms with Gasteiger partial charge in [0.15, 0.2) is 5.78 Å². The number of Topliss-reactive ketones (excluding diaryl/α,β-unsaturated/α-hetero) is 1. The second kappa shape index (κ2) is 6.66. The number of aromatic nitrogens is 2. The lowest BCUT2D eigenvalue weighted by atomic mass is 10.1. The van der Waals surface area contributed by atoms with Gasteiger partial charge in [0.1, 0.15) is 17.1 Å². The first-order valence-electron chi connectivity index (χ1n) is 7.20. The maximum Gasteiger partial charge on any atom is 0.332 e. The summed E-state index contributed by atoms with van der Waals surface area (Å²) >= 11 is 0. The fraction of sp³-hybridized carbons (Fsp3) is 0.400. The van der Waals surface area contributed by atoms with Crippen molar-refractivity contribution >= 4 is 11.6 Å². The van der Waals surface area contributed by atoms with E-state index in [9.17, 15) is 14.4 Å². The smallest absolute Gasteiger partial charge is 0.332 e. The molecule has 0 aliphatic carbocycles. The summed E-state index contributed by atoms with van der Waals surface area (Å²) in [6.07, 6.45) is 1.56. The number of nitrogens with zero attached hydrogens (tertiary/aromatic N) is 3. The van der Waals surface area contributed by atoms with Crippen LogP contribution >= 0.6 is 0 Å². The van der Waals surface area contributed by atoms with Gasteiger partial charge in [0.05, 0.1) is 19.4 Å². The molecule has 8 heteroatoms. The molecule has 8 nitrogen and oxygen atoms in total. The quantitative estimate of drug-likeness (QED) is 0.749.